The fraction of sp³-hybridized carbons (Fsp3) is 0. The molecule has 5 aromatic heterocycles. The minimum Gasteiger partial charge on any atom is -0.456 e. The topological polar surface area (TPSA) is 79.0 Å². The van der Waals surface area contributed by atoms with Gasteiger partial charge in [0.2, 0.25) is 17.7 Å². The van der Waals surface area contributed by atoms with E-state index in [1.54, 1.807) is 0 Å². The molecule has 0 unspecified atom stereocenters. The van der Waals surface area contributed by atoms with Crippen LogP contribution in [0.2, 0.25) is 0 Å². The van der Waals surface area contributed by atoms with Crippen LogP contribution in [0, 0.1) is 0 Å². The van der Waals surface area contributed by atoms with Gasteiger partial charge in [-0.3, -0.25) is 8.97 Å². The molecule has 0 radical (unpaired) electrons. The molecule has 67 heavy (non-hydrogen) atoms. The van der Waals surface area contributed by atoms with Crippen LogP contribution in [0.4, 0.5) is 0 Å². The molecule has 0 amide bonds. The summed E-state index contributed by atoms with van der Waals surface area (Å²) in [6.45, 7) is 0. The Morgan fingerprint density at radius 3 is 1.54 bits per heavy atom. The van der Waals surface area contributed by atoms with Crippen molar-refractivity contribution in [1.29, 1.82) is 0 Å². The van der Waals surface area contributed by atoms with Gasteiger partial charge in [-0.1, -0.05) is 176 Å². The first-order valence-corrected chi connectivity index (χ1v) is 24.5. The molecule has 14 rings (SSSR count). The number of fused-ring (bicyclic) bond motifs is 11. The van der Waals surface area contributed by atoms with E-state index in [9.17, 15) is 0 Å². The van der Waals surface area contributed by atoms with Crippen molar-refractivity contribution in [2.75, 3.05) is 0 Å². The fourth-order valence-corrected chi connectivity index (χ4v) is 15.3. The van der Waals surface area contributed by atoms with Crippen LogP contribution < -0.4 is 20.7 Å². The Kier molecular flexibility index (Phi) is 8.13. The van der Waals surface area contributed by atoms with Crippen molar-refractivity contribution in [2.45, 2.75) is 0 Å². The van der Waals surface area contributed by atoms with E-state index in [2.05, 4.69) is 220 Å². The van der Waals surface area contributed by atoms with Crippen molar-refractivity contribution < 1.29 is 4.42 Å². The summed E-state index contributed by atoms with van der Waals surface area (Å²) in [7, 11) is -2.96. The molecule has 14 aromatic rings. The summed E-state index contributed by atoms with van der Waals surface area (Å²) in [6.07, 6.45) is 0. The van der Waals surface area contributed by atoms with Gasteiger partial charge in [0.05, 0.1) is 33.1 Å². The van der Waals surface area contributed by atoms with E-state index in [0.29, 0.717) is 17.7 Å². The molecule has 0 N–H and O–H groups in total. The minimum atomic E-state index is -2.96. The average Bonchev–Trinajstić information content (AvgIpc) is 4.14. The highest BCUT2D eigenvalue weighted by Crippen LogP contribution is 2.34. The Hall–Kier alpha value is -8.92. The van der Waals surface area contributed by atoms with Crippen LogP contribution in [-0.4, -0.2) is 41.5 Å². The quantitative estimate of drug-likeness (QED) is 0.118. The Morgan fingerprint density at radius 1 is 0.343 bits per heavy atom. The third kappa shape index (κ3) is 5.52. The standard InChI is InChI=1S/C58H37N7OSi/c1-3-17-39(18-4-1)67(40-19-5-2-6-20-40,42-35-36-54-46(37-42)45-23-9-16-30-53(45)66-54)41-33-31-38(32-34-41)55-60-56(63-48-25-11-7-21-43(48)44-22-8-12-26-49(44)63)62-57(61-55)65-52-29-15-14-28-51(52)64-50-27-13-10-24-47(50)59-58(64)65/h1-37H. The molecular weight excluding hydrogens is 839 g/mol. The second-order valence-electron chi connectivity index (χ2n) is 17.1. The molecule has 0 spiro atoms. The van der Waals surface area contributed by atoms with Crippen LogP contribution >= 0.6 is 0 Å². The van der Waals surface area contributed by atoms with Gasteiger partial charge in [0.1, 0.15) is 11.2 Å². The van der Waals surface area contributed by atoms with Crippen LogP contribution in [0.5, 0.6) is 0 Å². The molecule has 314 valence electrons. The Morgan fingerprint density at radius 2 is 0.851 bits per heavy atom. The molecule has 0 atom stereocenters. The van der Waals surface area contributed by atoms with Crippen LogP contribution in [0.1, 0.15) is 0 Å². The van der Waals surface area contributed by atoms with E-state index >= 15 is 0 Å². The van der Waals surface area contributed by atoms with Crippen LogP contribution in [0.15, 0.2) is 229 Å². The molecule has 0 aliphatic carbocycles. The third-order valence-corrected chi connectivity index (χ3v) is 18.3. The normalized spacial score (nSPS) is 12.2. The number of benzene rings is 9. The van der Waals surface area contributed by atoms with Gasteiger partial charge in [0.15, 0.2) is 13.9 Å². The number of para-hydroxylation sites is 7. The summed E-state index contributed by atoms with van der Waals surface area (Å²) in [5, 5.41) is 9.55. The lowest BCUT2D eigenvalue weighted by Crippen LogP contribution is -2.74. The van der Waals surface area contributed by atoms with Crippen LogP contribution in [-0.2, 0) is 0 Å². The van der Waals surface area contributed by atoms with Crippen LogP contribution in [0.25, 0.3) is 94.9 Å². The molecule has 9 aromatic carbocycles. The van der Waals surface area contributed by atoms with E-state index in [1.165, 1.54) is 20.7 Å². The summed E-state index contributed by atoms with van der Waals surface area (Å²) >= 11 is 0. The molecule has 5 heterocycles. The highest BCUT2D eigenvalue weighted by Gasteiger charge is 2.42. The van der Waals surface area contributed by atoms with Crippen molar-refractivity contribution in [3.05, 3.63) is 224 Å². The second-order valence-corrected chi connectivity index (χ2v) is 20.9. The van der Waals surface area contributed by atoms with Gasteiger partial charge < -0.3 is 4.42 Å². The largest absolute Gasteiger partial charge is 0.456 e. The average molecular weight is 876 g/mol. The summed E-state index contributed by atoms with van der Waals surface area (Å²) < 4.78 is 12.8. The lowest BCUT2D eigenvalue weighted by Gasteiger charge is -2.34. The number of furan rings is 1. The first-order chi connectivity index (χ1) is 33.2. The highest BCUT2D eigenvalue weighted by atomic mass is 28.3. The van der Waals surface area contributed by atoms with Crippen LogP contribution in [0.3, 0.4) is 0 Å². The summed E-state index contributed by atoms with van der Waals surface area (Å²) in [6, 6.07) is 79.6. The summed E-state index contributed by atoms with van der Waals surface area (Å²) in [4.78, 5) is 21.3. The number of hydrogen-bond donors (Lipinski definition) is 0. The molecule has 8 nitrogen and oxygen atoms in total. The predicted molar refractivity (Wildman–Crippen MR) is 274 cm³/mol. The Labute approximate surface area is 384 Å². The third-order valence-electron chi connectivity index (χ3n) is 13.5. The summed E-state index contributed by atoms with van der Waals surface area (Å²) in [5.41, 5.74) is 8.54. The van der Waals surface area contributed by atoms with Crippen molar-refractivity contribution in [2.24, 2.45) is 0 Å². The highest BCUT2D eigenvalue weighted by molar-refractivity contribution is 7.20. The maximum Gasteiger partial charge on any atom is 0.242 e. The van der Waals surface area contributed by atoms with Gasteiger partial charge >= 0.3 is 0 Å². The monoisotopic (exact) mass is 875 g/mol. The zero-order valence-electron chi connectivity index (χ0n) is 35.9. The lowest BCUT2D eigenvalue weighted by molar-refractivity contribution is 0.669. The fourth-order valence-electron chi connectivity index (χ4n) is 10.6. The van der Waals surface area contributed by atoms with Gasteiger partial charge in [-0.15, -0.1) is 0 Å². The van der Waals surface area contributed by atoms with Gasteiger partial charge in [0, 0.05) is 27.1 Å². The van der Waals surface area contributed by atoms with Gasteiger partial charge in [-0.25, -0.2) is 9.55 Å². The van der Waals surface area contributed by atoms with Gasteiger partial charge in [-0.05, 0) is 69.3 Å². The zero-order chi connectivity index (χ0) is 44.1. The molecule has 0 fully saturated rings. The molecule has 0 saturated carbocycles. The Balaban J connectivity index is 1.02. The number of imidazole rings is 2. The number of hydrogen-bond acceptors (Lipinski definition) is 5. The Bertz CT molecular complexity index is 4130. The molecular formula is C58H37N7OSi. The molecule has 0 aliphatic rings. The molecule has 0 bridgehead atoms. The molecule has 0 saturated heterocycles. The van der Waals surface area contributed by atoms with Crippen molar-refractivity contribution >= 4 is 100 Å². The smallest absolute Gasteiger partial charge is 0.242 e. The van der Waals surface area contributed by atoms with Crippen molar-refractivity contribution in [1.82, 2.24) is 33.5 Å². The van der Waals surface area contributed by atoms with E-state index in [4.69, 9.17) is 24.4 Å². The molecule has 9 heteroatoms. The second kappa shape index (κ2) is 14.5. The van der Waals surface area contributed by atoms with Crippen molar-refractivity contribution in [3.63, 3.8) is 0 Å². The first kappa shape index (κ1) is 37.5. The van der Waals surface area contributed by atoms with E-state index in [1.807, 2.05) is 18.2 Å². The number of rotatable bonds is 7. The molecule has 0 aliphatic heterocycles. The number of aromatic nitrogens is 7. The van der Waals surface area contributed by atoms with Crippen molar-refractivity contribution in [3.8, 4) is 23.3 Å². The SMILES string of the molecule is c1ccc([Si](c2ccccc2)(c2ccc(-c3nc(-n4c5ccccc5c5ccccc54)nc(-n4c5ccccc5n5c6ccccc6nc45)n3)cc2)c2ccc3oc4ccccc4c3c2)cc1. The van der Waals surface area contributed by atoms with Gasteiger partial charge in [-0.2, -0.15) is 15.0 Å². The van der Waals surface area contributed by atoms with E-state index in [-0.39, 0.29) is 0 Å². The van der Waals surface area contributed by atoms with E-state index in [0.717, 1.165) is 77.2 Å². The predicted octanol–water partition coefficient (Wildman–Crippen LogP) is 10.7. The maximum absolute atomic E-state index is 6.37. The zero-order valence-corrected chi connectivity index (χ0v) is 36.9. The first-order valence-electron chi connectivity index (χ1n) is 22.5. The minimum absolute atomic E-state index is 0.477. The summed E-state index contributed by atoms with van der Waals surface area (Å²) in [5.74, 6) is 2.28. The maximum atomic E-state index is 6.37. The lowest BCUT2D eigenvalue weighted by atomic mass is 10.1. The van der Waals surface area contributed by atoms with Gasteiger partial charge in [0.25, 0.3) is 0 Å². The number of nitrogens with zero attached hydrogens (tertiary/aromatic N) is 7. The van der Waals surface area contributed by atoms with E-state index < -0.39 is 8.07 Å².